The van der Waals surface area contributed by atoms with E-state index in [0.717, 1.165) is 19.4 Å². The predicted molar refractivity (Wildman–Crippen MR) is 90.9 cm³/mol. The smallest absolute Gasteiger partial charge is 0.237 e. The van der Waals surface area contributed by atoms with Gasteiger partial charge in [0, 0.05) is 18.6 Å². The minimum Gasteiger partial charge on any atom is -0.395 e. The molecule has 126 valence electrons. The van der Waals surface area contributed by atoms with Crippen LogP contribution in [0.15, 0.2) is 30.3 Å². The zero-order valence-corrected chi connectivity index (χ0v) is 14.0. The van der Waals surface area contributed by atoms with Gasteiger partial charge in [-0.1, -0.05) is 30.3 Å². The third kappa shape index (κ3) is 4.12. The molecule has 0 aromatic heterocycles. The number of nitrogens with zero attached hydrogens (tertiary/aromatic N) is 2. The minimum atomic E-state index is 0.157. The number of hydrogen-bond donors (Lipinski definition) is 1. The van der Waals surface area contributed by atoms with E-state index in [9.17, 15) is 9.90 Å². The molecule has 1 aromatic rings. The summed E-state index contributed by atoms with van der Waals surface area (Å²) in [5.41, 5.74) is 1.19. The Labute approximate surface area is 139 Å². The second-order valence-corrected chi connectivity index (χ2v) is 7.03. The Morgan fingerprint density at radius 1 is 1.30 bits per heavy atom. The molecule has 2 aliphatic rings. The lowest BCUT2D eigenvalue weighted by Crippen LogP contribution is -2.46. The minimum absolute atomic E-state index is 0.157. The summed E-state index contributed by atoms with van der Waals surface area (Å²) >= 11 is 0. The molecule has 0 spiro atoms. The van der Waals surface area contributed by atoms with Crippen molar-refractivity contribution in [3.05, 3.63) is 35.9 Å². The number of benzene rings is 1. The van der Waals surface area contributed by atoms with Gasteiger partial charge in [-0.3, -0.25) is 9.69 Å². The molecule has 1 saturated heterocycles. The molecule has 3 rings (SSSR count). The Kier molecular flexibility index (Phi) is 5.34. The summed E-state index contributed by atoms with van der Waals surface area (Å²) in [5.74, 6) is 0.864. The molecule has 1 aliphatic heterocycles. The van der Waals surface area contributed by atoms with Gasteiger partial charge in [0.25, 0.3) is 0 Å². The van der Waals surface area contributed by atoms with E-state index in [-0.39, 0.29) is 18.6 Å². The standard InChI is InChI=1S/C19H28N2O2/c1-15(17-9-10-17)21(12-16-6-3-2-4-7-16)19(23)13-20-11-5-8-18(20)14-22/h2-4,6-7,15,17-18,22H,5,8-14H2,1H3/t15?,18-/m1/s1. The van der Waals surface area contributed by atoms with Crippen molar-refractivity contribution in [1.29, 1.82) is 0 Å². The van der Waals surface area contributed by atoms with Crippen LogP contribution in [-0.4, -0.2) is 52.6 Å². The maximum Gasteiger partial charge on any atom is 0.237 e. The largest absolute Gasteiger partial charge is 0.395 e. The van der Waals surface area contributed by atoms with Crippen LogP contribution < -0.4 is 0 Å². The fraction of sp³-hybridized carbons (Fsp3) is 0.632. The van der Waals surface area contributed by atoms with E-state index in [1.165, 1.54) is 18.4 Å². The number of carbonyl (C=O) groups is 1. The van der Waals surface area contributed by atoms with Gasteiger partial charge in [0.05, 0.1) is 13.2 Å². The molecule has 1 aliphatic carbocycles. The third-order valence-corrected chi connectivity index (χ3v) is 5.36. The average molecular weight is 316 g/mol. The highest BCUT2D eigenvalue weighted by molar-refractivity contribution is 5.78. The zero-order valence-electron chi connectivity index (χ0n) is 14.0. The van der Waals surface area contributed by atoms with Crippen molar-refractivity contribution in [2.75, 3.05) is 19.7 Å². The Bertz CT molecular complexity index is 515. The van der Waals surface area contributed by atoms with E-state index in [1.807, 2.05) is 18.2 Å². The molecule has 0 radical (unpaired) electrons. The highest BCUT2D eigenvalue weighted by atomic mass is 16.3. The van der Waals surface area contributed by atoms with E-state index >= 15 is 0 Å². The molecule has 4 nitrogen and oxygen atoms in total. The quantitative estimate of drug-likeness (QED) is 0.839. The van der Waals surface area contributed by atoms with Crippen molar-refractivity contribution in [3.63, 3.8) is 0 Å². The van der Waals surface area contributed by atoms with Crippen LogP contribution in [-0.2, 0) is 11.3 Å². The monoisotopic (exact) mass is 316 g/mol. The Hall–Kier alpha value is -1.39. The van der Waals surface area contributed by atoms with Crippen LogP contribution in [0.25, 0.3) is 0 Å². The van der Waals surface area contributed by atoms with Crippen LogP contribution in [0.5, 0.6) is 0 Å². The van der Waals surface area contributed by atoms with Gasteiger partial charge < -0.3 is 10.0 Å². The third-order valence-electron chi connectivity index (χ3n) is 5.36. The molecule has 2 atom stereocenters. The Morgan fingerprint density at radius 3 is 2.70 bits per heavy atom. The maximum absolute atomic E-state index is 12.9. The lowest BCUT2D eigenvalue weighted by Gasteiger charge is -2.32. The second kappa shape index (κ2) is 7.45. The van der Waals surface area contributed by atoms with Crippen LogP contribution in [0, 0.1) is 5.92 Å². The molecular weight excluding hydrogens is 288 g/mol. The van der Waals surface area contributed by atoms with Gasteiger partial charge in [0.1, 0.15) is 0 Å². The summed E-state index contributed by atoms with van der Waals surface area (Å²) in [6, 6.07) is 10.7. The molecule has 4 heteroatoms. The van der Waals surface area contributed by atoms with Crippen molar-refractivity contribution in [3.8, 4) is 0 Å². The molecule has 0 bridgehead atoms. The molecule has 1 saturated carbocycles. The number of amides is 1. The number of carbonyl (C=O) groups excluding carboxylic acids is 1. The highest BCUT2D eigenvalue weighted by Gasteiger charge is 2.35. The van der Waals surface area contributed by atoms with Gasteiger partial charge in [-0.05, 0) is 50.6 Å². The van der Waals surface area contributed by atoms with Crippen LogP contribution >= 0.6 is 0 Å². The molecule has 1 N–H and O–H groups in total. The molecular formula is C19H28N2O2. The molecule has 23 heavy (non-hydrogen) atoms. The number of aliphatic hydroxyl groups is 1. The second-order valence-electron chi connectivity index (χ2n) is 7.03. The number of hydrogen-bond acceptors (Lipinski definition) is 3. The maximum atomic E-state index is 12.9. The van der Waals surface area contributed by atoms with Crippen molar-refractivity contribution >= 4 is 5.91 Å². The van der Waals surface area contributed by atoms with Crippen molar-refractivity contribution in [2.24, 2.45) is 5.92 Å². The first-order chi connectivity index (χ1) is 11.2. The van der Waals surface area contributed by atoms with E-state index in [0.29, 0.717) is 25.0 Å². The summed E-state index contributed by atoms with van der Waals surface area (Å²) in [6.07, 6.45) is 4.56. The fourth-order valence-electron chi connectivity index (χ4n) is 3.65. The van der Waals surface area contributed by atoms with Gasteiger partial charge >= 0.3 is 0 Å². The van der Waals surface area contributed by atoms with Crippen LogP contribution in [0.3, 0.4) is 0 Å². The number of aliphatic hydroxyl groups excluding tert-OH is 1. The Balaban J connectivity index is 1.68. The van der Waals surface area contributed by atoms with E-state index in [2.05, 4.69) is 28.9 Å². The van der Waals surface area contributed by atoms with Gasteiger partial charge in [0.2, 0.25) is 5.91 Å². The molecule has 1 aromatic carbocycles. The summed E-state index contributed by atoms with van der Waals surface area (Å²) < 4.78 is 0. The van der Waals surface area contributed by atoms with Crippen LogP contribution in [0.2, 0.25) is 0 Å². The number of likely N-dealkylation sites (tertiary alicyclic amines) is 1. The first kappa shape index (κ1) is 16.5. The van der Waals surface area contributed by atoms with E-state index in [1.54, 1.807) is 0 Å². The van der Waals surface area contributed by atoms with Crippen molar-refractivity contribution in [2.45, 2.75) is 51.2 Å². The van der Waals surface area contributed by atoms with Crippen LogP contribution in [0.1, 0.15) is 38.2 Å². The fourth-order valence-corrected chi connectivity index (χ4v) is 3.65. The van der Waals surface area contributed by atoms with Gasteiger partial charge in [0.15, 0.2) is 0 Å². The van der Waals surface area contributed by atoms with Crippen LogP contribution in [0.4, 0.5) is 0 Å². The Morgan fingerprint density at radius 2 is 2.04 bits per heavy atom. The SMILES string of the molecule is CC(C1CC1)N(Cc1ccccc1)C(=O)CN1CCC[C@@H]1CO. The topological polar surface area (TPSA) is 43.8 Å². The van der Waals surface area contributed by atoms with E-state index < -0.39 is 0 Å². The lowest BCUT2D eigenvalue weighted by molar-refractivity contribution is -0.136. The molecule has 1 heterocycles. The summed E-state index contributed by atoms with van der Waals surface area (Å²) in [5, 5.41) is 9.46. The average Bonchev–Trinajstić information content (AvgIpc) is 3.33. The van der Waals surface area contributed by atoms with E-state index in [4.69, 9.17) is 0 Å². The molecule has 1 unspecified atom stereocenters. The lowest BCUT2D eigenvalue weighted by atomic mass is 10.1. The first-order valence-corrected chi connectivity index (χ1v) is 8.87. The number of rotatable bonds is 7. The summed E-state index contributed by atoms with van der Waals surface area (Å²) in [6.45, 7) is 4.40. The molecule has 1 amide bonds. The molecule has 2 fully saturated rings. The van der Waals surface area contributed by atoms with Crippen molar-refractivity contribution in [1.82, 2.24) is 9.80 Å². The normalized spacial score (nSPS) is 23.0. The zero-order chi connectivity index (χ0) is 16.2. The summed E-state index contributed by atoms with van der Waals surface area (Å²) in [4.78, 5) is 17.1. The predicted octanol–water partition coefficient (Wildman–Crippen LogP) is 2.27. The van der Waals surface area contributed by atoms with Gasteiger partial charge in [-0.25, -0.2) is 0 Å². The highest BCUT2D eigenvalue weighted by Crippen LogP contribution is 2.36. The van der Waals surface area contributed by atoms with Crippen molar-refractivity contribution < 1.29 is 9.90 Å². The first-order valence-electron chi connectivity index (χ1n) is 8.87. The summed E-state index contributed by atoms with van der Waals surface area (Å²) in [7, 11) is 0. The van der Waals surface area contributed by atoms with Gasteiger partial charge in [-0.15, -0.1) is 0 Å². The van der Waals surface area contributed by atoms with Gasteiger partial charge in [-0.2, -0.15) is 0 Å².